The van der Waals surface area contributed by atoms with Crippen molar-refractivity contribution in [3.05, 3.63) is 35.4 Å². The molecule has 0 bridgehead atoms. The standard InChI is InChI=1S/C18H26N4O/c1-3-15(2)20-18(23)14-22-10-8-21(9-11-22)13-17-7-5-4-6-16(17)12-19/h4-7,15H,3,8-11,13-14H2,1-2H3,(H,20,23). The highest BCUT2D eigenvalue weighted by Crippen LogP contribution is 2.12. The number of rotatable bonds is 6. The molecule has 1 amide bonds. The molecular formula is C18H26N4O. The van der Waals surface area contributed by atoms with Crippen LogP contribution in [-0.2, 0) is 11.3 Å². The summed E-state index contributed by atoms with van der Waals surface area (Å²) in [6, 6.07) is 10.3. The summed E-state index contributed by atoms with van der Waals surface area (Å²) in [6.07, 6.45) is 0.956. The van der Waals surface area contributed by atoms with Crippen LogP contribution in [0.4, 0.5) is 0 Å². The summed E-state index contributed by atoms with van der Waals surface area (Å²) >= 11 is 0. The van der Waals surface area contributed by atoms with Gasteiger partial charge >= 0.3 is 0 Å². The van der Waals surface area contributed by atoms with E-state index >= 15 is 0 Å². The predicted molar refractivity (Wildman–Crippen MR) is 90.8 cm³/mol. The fourth-order valence-electron chi connectivity index (χ4n) is 2.74. The molecule has 23 heavy (non-hydrogen) atoms. The fourth-order valence-corrected chi connectivity index (χ4v) is 2.74. The summed E-state index contributed by atoms with van der Waals surface area (Å²) in [5.41, 5.74) is 1.83. The largest absolute Gasteiger partial charge is 0.353 e. The summed E-state index contributed by atoms with van der Waals surface area (Å²) < 4.78 is 0. The second-order valence-electron chi connectivity index (χ2n) is 6.20. The van der Waals surface area contributed by atoms with Gasteiger partial charge in [0, 0.05) is 38.8 Å². The second-order valence-corrected chi connectivity index (χ2v) is 6.20. The number of piperazine rings is 1. The Balaban J connectivity index is 1.78. The van der Waals surface area contributed by atoms with Crippen molar-refractivity contribution in [1.82, 2.24) is 15.1 Å². The first-order valence-corrected chi connectivity index (χ1v) is 8.34. The average Bonchev–Trinajstić information content (AvgIpc) is 2.57. The normalized spacial score (nSPS) is 17.4. The van der Waals surface area contributed by atoms with Gasteiger partial charge < -0.3 is 5.32 Å². The van der Waals surface area contributed by atoms with Gasteiger partial charge in [-0.25, -0.2) is 0 Å². The lowest BCUT2D eigenvalue weighted by atomic mass is 10.1. The molecule has 5 nitrogen and oxygen atoms in total. The van der Waals surface area contributed by atoms with E-state index in [2.05, 4.69) is 28.1 Å². The third kappa shape index (κ3) is 5.34. The van der Waals surface area contributed by atoms with E-state index in [1.165, 1.54) is 0 Å². The minimum absolute atomic E-state index is 0.114. The maximum absolute atomic E-state index is 11.9. The summed E-state index contributed by atoms with van der Waals surface area (Å²) in [6.45, 7) is 9.02. The third-order valence-electron chi connectivity index (χ3n) is 4.38. The van der Waals surface area contributed by atoms with E-state index < -0.39 is 0 Å². The van der Waals surface area contributed by atoms with Crippen molar-refractivity contribution in [2.75, 3.05) is 32.7 Å². The van der Waals surface area contributed by atoms with Gasteiger partial charge in [-0.3, -0.25) is 14.6 Å². The number of hydrogen-bond acceptors (Lipinski definition) is 4. The zero-order valence-electron chi connectivity index (χ0n) is 14.1. The molecule has 5 heteroatoms. The highest BCUT2D eigenvalue weighted by molar-refractivity contribution is 5.78. The number of hydrogen-bond donors (Lipinski definition) is 1. The quantitative estimate of drug-likeness (QED) is 0.866. The first kappa shape index (κ1) is 17.5. The topological polar surface area (TPSA) is 59.4 Å². The molecule has 1 heterocycles. The van der Waals surface area contributed by atoms with Crippen molar-refractivity contribution < 1.29 is 4.79 Å². The number of nitrogens with zero attached hydrogens (tertiary/aromatic N) is 3. The van der Waals surface area contributed by atoms with E-state index in [1.54, 1.807) is 0 Å². The molecule has 1 unspecified atom stereocenters. The van der Waals surface area contributed by atoms with E-state index in [9.17, 15) is 4.79 Å². The smallest absolute Gasteiger partial charge is 0.234 e. The maximum Gasteiger partial charge on any atom is 0.234 e. The van der Waals surface area contributed by atoms with Gasteiger partial charge in [-0.2, -0.15) is 5.26 Å². The molecule has 1 N–H and O–H groups in total. The zero-order chi connectivity index (χ0) is 16.7. The molecule has 0 saturated carbocycles. The van der Waals surface area contributed by atoms with Crippen molar-refractivity contribution in [2.24, 2.45) is 0 Å². The van der Waals surface area contributed by atoms with E-state index in [0.717, 1.165) is 50.3 Å². The van der Waals surface area contributed by atoms with Gasteiger partial charge in [-0.05, 0) is 25.0 Å². The highest BCUT2D eigenvalue weighted by Gasteiger charge is 2.20. The number of nitrogens with one attached hydrogen (secondary N) is 1. The molecule has 0 radical (unpaired) electrons. The zero-order valence-corrected chi connectivity index (χ0v) is 14.1. The predicted octanol–water partition coefficient (Wildman–Crippen LogP) is 1.59. The minimum Gasteiger partial charge on any atom is -0.353 e. The first-order valence-electron chi connectivity index (χ1n) is 8.34. The number of nitriles is 1. The average molecular weight is 314 g/mol. The van der Waals surface area contributed by atoms with Gasteiger partial charge in [-0.15, -0.1) is 0 Å². The molecule has 124 valence electrons. The Morgan fingerprint density at radius 1 is 1.26 bits per heavy atom. The van der Waals surface area contributed by atoms with Crippen molar-refractivity contribution >= 4 is 5.91 Å². The summed E-state index contributed by atoms with van der Waals surface area (Å²) in [5, 5.41) is 12.2. The highest BCUT2D eigenvalue weighted by atomic mass is 16.2. The molecule has 1 atom stereocenters. The number of carbonyl (C=O) groups is 1. The van der Waals surface area contributed by atoms with Crippen LogP contribution in [0.15, 0.2) is 24.3 Å². The molecule has 0 spiro atoms. The van der Waals surface area contributed by atoms with Crippen LogP contribution in [-0.4, -0.2) is 54.5 Å². The van der Waals surface area contributed by atoms with Gasteiger partial charge in [0.1, 0.15) is 0 Å². The van der Waals surface area contributed by atoms with Crippen LogP contribution >= 0.6 is 0 Å². The van der Waals surface area contributed by atoms with Crippen molar-refractivity contribution in [3.63, 3.8) is 0 Å². The van der Waals surface area contributed by atoms with E-state index in [4.69, 9.17) is 5.26 Å². The van der Waals surface area contributed by atoms with Crippen LogP contribution < -0.4 is 5.32 Å². The lowest BCUT2D eigenvalue weighted by Crippen LogP contribution is -2.49. The minimum atomic E-state index is 0.114. The Labute approximate surface area is 138 Å². The van der Waals surface area contributed by atoms with E-state index in [1.807, 2.05) is 31.2 Å². The Hall–Kier alpha value is -1.90. The molecule has 0 aliphatic carbocycles. The van der Waals surface area contributed by atoms with Crippen molar-refractivity contribution in [1.29, 1.82) is 5.26 Å². The van der Waals surface area contributed by atoms with Crippen molar-refractivity contribution in [2.45, 2.75) is 32.9 Å². The third-order valence-corrected chi connectivity index (χ3v) is 4.38. The first-order chi connectivity index (χ1) is 11.1. The van der Waals surface area contributed by atoms with Gasteiger partial charge in [0.05, 0.1) is 18.2 Å². The summed E-state index contributed by atoms with van der Waals surface area (Å²) in [7, 11) is 0. The Morgan fingerprint density at radius 2 is 1.91 bits per heavy atom. The number of benzene rings is 1. The lowest BCUT2D eigenvalue weighted by Gasteiger charge is -2.34. The molecular weight excluding hydrogens is 288 g/mol. The van der Waals surface area contributed by atoms with Crippen LogP contribution in [0.2, 0.25) is 0 Å². The van der Waals surface area contributed by atoms with Crippen LogP contribution in [0.3, 0.4) is 0 Å². The molecule has 1 aliphatic rings. The number of carbonyl (C=O) groups excluding carboxylic acids is 1. The monoisotopic (exact) mass is 314 g/mol. The Morgan fingerprint density at radius 3 is 2.57 bits per heavy atom. The molecule has 1 saturated heterocycles. The van der Waals surface area contributed by atoms with Gasteiger partial charge in [0.2, 0.25) is 5.91 Å². The molecule has 0 aromatic heterocycles. The van der Waals surface area contributed by atoms with Gasteiger partial charge in [0.15, 0.2) is 0 Å². The van der Waals surface area contributed by atoms with Crippen LogP contribution in [0, 0.1) is 11.3 Å². The summed E-state index contributed by atoms with van der Waals surface area (Å²) in [5.74, 6) is 0.114. The Kier molecular flexibility index (Phi) is 6.57. The molecule has 1 aliphatic heterocycles. The molecule has 1 aromatic rings. The van der Waals surface area contributed by atoms with Gasteiger partial charge in [0.25, 0.3) is 0 Å². The Bertz CT molecular complexity index is 558. The second kappa shape index (κ2) is 8.66. The van der Waals surface area contributed by atoms with Gasteiger partial charge in [-0.1, -0.05) is 25.1 Å². The number of amides is 1. The molecule has 1 aromatic carbocycles. The lowest BCUT2D eigenvalue weighted by molar-refractivity contribution is -0.123. The van der Waals surface area contributed by atoms with E-state index in [0.29, 0.717) is 6.54 Å². The van der Waals surface area contributed by atoms with Crippen LogP contribution in [0.5, 0.6) is 0 Å². The van der Waals surface area contributed by atoms with Crippen LogP contribution in [0.25, 0.3) is 0 Å². The van der Waals surface area contributed by atoms with E-state index in [-0.39, 0.29) is 11.9 Å². The van der Waals surface area contributed by atoms with Crippen LogP contribution in [0.1, 0.15) is 31.4 Å². The summed E-state index contributed by atoms with van der Waals surface area (Å²) in [4.78, 5) is 16.5. The molecule has 1 fully saturated rings. The molecule has 2 rings (SSSR count). The van der Waals surface area contributed by atoms with Crippen molar-refractivity contribution in [3.8, 4) is 6.07 Å². The fraction of sp³-hybridized carbons (Fsp3) is 0.556. The maximum atomic E-state index is 11.9. The SMILES string of the molecule is CCC(C)NC(=O)CN1CCN(Cc2ccccc2C#N)CC1.